The van der Waals surface area contributed by atoms with Crippen molar-refractivity contribution < 1.29 is 9.90 Å². The van der Waals surface area contributed by atoms with Crippen LogP contribution in [-0.4, -0.2) is 45.0 Å². The summed E-state index contributed by atoms with van der Waals surface area (Å²) < 4.78 is 1.87. The van der Waals surface area contributed by atoms with E-state index in [1.165, 1.54) is 0 Å². The first-order valence-corrected chi connectivity index (χ1v) is 8.82. The number of anilines is 1. The highest BCUT2D eigenvalue weighted by Crippen LogP contribution is 2.24. The second kappa shape index (κ2) is 7.27. The topological polar surface area (TPSA) is 70.4 Å². The van der Waals surface area contributed by atoms with Gasteiger partial charge >= 0.3 is 6.03 Å². The van der Waals surface area contributed by atoms with Gasteiger partial charge in [-0.25, -0.2) is 9.48 Å². The van der Waals surface area contributed by atoms with Crippen LogP contribution in [0.5, 0.6) is 0 Å². The van der Waals surface area contributed by atoms with Crippen molar-refractivity contribution in [1.82, 2.24) is 14.7 Å². The molecule has 3 rings (SSSR count). The van der Waals surface area contributed by atoms with E-state index in [1.54, 1.807) is 4.90 Å². The number of aliphatic hydroxyl groups excluding tert-OH is 1. The lowest BCUT2D eigenvalue weighted by Crippen LogP contribution is -2.51. The summed E-state index contributed by atoms with van der Waals surface area (Å²) in [6, 6.07) is 9.40. The molecule has 2 aromatic rings. The zero-order chi connectivity index (χ0) is 18.0. The molecule has 2 amide bonds. The monoisotopic (exact) mass is 342 g/mol. The van der Waals surface area contributed by atoms with Crippen LogP contribution in [0.25, 0.3) is 5.69 Å². The van der Waals surface area contributed by atoms with Crippen LogP contribution in [0.3, 0.4) is 0 Å². The van der Waals surface area contributed by atoms with Crippen LogP contribution in [0.1, 0.15) is 31.2 Å². The van der Waals surface area contributed by atoms with Crippen molar-refractivity contribution >= 4 is 11.7 Å². The average molecular weight is 342 g/mol. The second-order valence-corrected chi connectivity index (χ2v) is 6.88. The number of hydrogen-bond acceptors (Lipinski definition) is 3. The van der Waals surface area contributed by atoms with Gasteiger partial charge in [0.05, 0.1) is 24.0 Å². The number of carbonyl (C=O) groups is 1. The van der Waals surface area contributed by atoms with Crippen LogP contribution in [0.15, 0.2) is 30.3 Å². The molecule has 2 N–H and O–H groups in total. The van der Waals surface area contributed by atoms with Crippen LogP contribution in [0, 0.1) is 19.8 Å². The minimum atomic E-state index is -0.156. The zero-order valence-electron chi connectivity index (χ0n) is 15.1. The first kappa shape index (κ1) is 17.5. The molecule has 0 aliphatic carbocycles. The molecule has 1 aliphatic rings. The largest absolute Gasteiger partial charge is 0.394 e. The van der Waals surface area contributed by atoms with Crippen molar-refractivity contribution in [3.05, 3.63) is 41.7 Å². The third-order valence-corrected chi connectivity index (χ3v) is 4.92. The number of likely N-dealkylation sites (tertiary alicyclic amines) is 1. The number of benzene rings is 1. The number of nitrogens with zero attached hydrogens (tertiary/aromatic N) is 3. The Balaban J connectivity index is 1.78. The van der Waals surface area contributed by atoms with E-state index >= 15 is 0 Å². The van der Waals surface area contributed by atoms with Crippen molar-refractivity contribution in [1.29, 1.82) is 0 Å². The van der Waals surface area contributed by atoms with E-state index in [4.69, 9.17) is 0 Å². The Labute approximate surface area is 148 Å². The van der Waals surface area contributed by atoms with E-state index in [-0.39, 0.29) is 18.7 Å². The molecule has 0 saturated carbocycles. The Kier molecular flexibility index (Phi) is 5.08. The van der Waals surface area contributed by atoms with Gasteiger partial charge in [-0.05, 0) is 56.9 Å². The van der Waals surface area contributed by atoms with E-state index in [0.717, 1.165) is 35.6 Å². The highest BCUT2D eigenvalue weighted by molar-refractivity contribution is 5.90. The molecule has 0 bridgehead atoms. The van der Waals surface area contributed by atoms with Crippen molar-refractivity contribution in [2.24, 2.45) is 5.92 Å². The van der Waals surface area contributed by atoms with E-state index < -0.39 is 0 Å². The Morgan fingerprint density at radius 1 is 1.36 bits per heavy atom. The quantitative estimate of drug-likeness (QED) is 0.900. The summed E-state index contributed by atoms with van der Waals surface area (Å²) >= 11 is 0. The number of piperidine rings is 1. The van der Waals surface area contributed by atoms with Crippen molar-refractivity contribution in [2.45, 2.75) is 39.7 Å². The van der Waals surface area contributed by atoms with Crippen LogP contribution in [-0.2, 0) is 0 Å². The van der Waals surface area contributed by atoms with Gasteiger partial charge < -0.3 is 15.3 Å². The molecule has 1 saturated heterocycles. The molecule has 1 aromatic carbocycles. The van der Waals surface area contributed by atoms with E-state index in [1.807, 2.05) is 48.9 Å². The molecule has 134 valence electrons. The van der Waals surface area contributed by atoms with E-state index in [9.17, 15) is 9.90 Å². The molecule has 6 heteroatoms. The predicted molar refractivity (Wildman–Crippen MR) is 98.0 cm³/mol. The van der Waals surface area contributed by atoms with Crippen molar-refractivity contribution in [3.63, 3.8) is 0 Å². The van der Waals surface area contributed by atoms with Gasteiger partial charge in [-0.3, -0.25) is 0 Å². The maximum Gasteiger partial charge on any atom is 0.322 e. The van der Waals surface area contributed by atoms with Crippen LogP contribution < -0.4 is 5.32 Å². The van der Waals surface area contributed by atoms with Gasteiger partial charge in [0.15, 0.2) is 0 Å². The number of urea groups is 1. The van der Waals surface area contributed by atoms with Gasteiger partial charge in [0.2, 0.25) is 0 Å². The molecule has 1 aliphatic heterocycles. The maximum absolute atomic E-state index is 12.7. The smallest absolute Gasteiger partial charge is 0.322 e. The molecule has 2 atom stereocenters. The Hall–Kier alpha value is -2.34. The lowest BCUT2D eigenvalue weighted by Gasteiger charge is -2.38. The number of hydrogen-bond donors (Lipinski definition) is 2. The summed E-state index contributed by atoms with van der Waals surface area (Å²) in [6.07, 6.45) is 2.01. The van der Waals surface area contributed by atoms with E-state index in [0.29, 0.717) is 12.5 Å². The summed E-state index contributed by atoms with van der Waals surface area (Å²) in [6.45, 7) is 6.73. The molecule has 6 nitrogen and oxygen atoms in total. The fourth-order valence-corrected chi connectivity index (χ4v) is 3.58. The third kappa shape index (κ3) is 3.69. The normalized spacial score (nSPS) is 20.6. The fourth-order valence-electron chi connectivity index (χ4n) is 3.58. The fraction of sp³-hybridized carbons (Fsp3) is 0.474. The van der Waals surface area contributed by atoms with Gasteiger partial charge in [-0.1, -0.05) is 13.0 Å². The van der Waals surface area contributed by atoms with Crippen molar-refractivity contribution in [2.75, 3.05) is 18.5 Å². The Morgan fingerprint density at radius 3 is 2.84 bits per heavy atom. The van der Waals surface area contributed by atoms with Gasteiger partial charge in [0.1, 0.15) is 0 Å². The van der Waals surface area contributed by atoms with Crippen LogP contribution >= 0.6 is 0 Å². The third-order valence-electron chi connectivity index (χ3n) is 4.92. The molecule has 0 radical (unpaired) electrons. The maximum atomic E-state index is 12.7. The lowest BCUT2D eigenvalue weighted by molar-refractivity contribution is 0.0811. The predicted octanol–water partition coefficient (Wildman–Crippen LogP) is 3.11. The second-order valence-electron chi connectivity index (χ2n) is 6.88. The van der Waals surface area contributed by atoms with Crippen molar-refractivity contribution in [3.8, 4) is 5.69 Å². The van der Waals surface area contributed by atoms with Gasteiger partial charge in [0.25, 0.3) is 0 Å². The summed E-state index contributed by atoms with van der Waals surface area (Å²) in [5.41, 5.74) is 3.64. The summed E-state index contributed by atoms with van der Waals surface area (Å²) in [7, 11) is 0. The van der Waals surface area contributed by atoms with Gasteiger partial charge in [0, 0.05) is 17.9 Å². The molecular formula is C19H26N4O2. The minimum absolute atomic E-state index is 0.000382. The molecular weight excluding hydrogens is 316 g/mol. The molecule has 2 unspecified atom stereocenters. The van der Waals surface area contributed by atoms with Crippen LogP contribution in [0.2, 0.25) is 0 Å². The van der Waals surface area contributed by atoms with Crippen LogP contribution in [0.4, 0.5) is 10.5 Å². The Bertz CT molecular complexity index is 756. The highest BCUT2D eigenvalue weighted by Gasteiger charge is 2.31. The summed E-state index contributed by atoms with van der Waals surface area (Å²) in [4.78, 5) is 14.4. The molecule has 0 spiro atoms. The SMILES string of the molecule is Cc1cc(C)n(-c2cccc(NC(=O)N3CCCC(C)C3CO)c2)n1. The lowest BCUT2D eigenvalue weighted by atomic mass is 9.91. The zero-order valence-corrected chi connectivity index (χ0v) is 15.1. The molecule has 25 heavy (non-hydrogen) atoms. The Morgan fingerprint density at radius 2 is 2.16 bits per heavy atom. The number of aromatic nitrogens is 2. The number of nitrogens with one attached hydrogen (secondary N) is 1. The number of amides is 2. The standard InChI is InChI=1S/C19H26N4O2/c1-13-6-5-9-22(18(13)12-24)19(25)20-16-7-4-8-17(11-16)23-15(3)10-14(2)21-23/h4,7-8,10-11,13,18,24H,5-6,9,12H2,1-3H3,(H,20,25). The first-order chi connectivity index (χ1) is 12.0. The highest BCUT2D eigenvalue weighted by atomic mass is 16.3. The molecule has 1 fully saturated rings. The number of aryl methyl sites for hydroxylation is 2. The number of aliphatic hydroxyl groups is 1. The number of carbonyl (C=O) groups excluding carboxylic acids is 1. The molecule has 2 heterocycles. The first-order valence-electron chi connectivity index (χ1n) is 8.82. The average Bonchev–Trinajstić information content (AvgIpc) is 2.93. The van der Waals surface area contributed by atoms with E-state index in [2.05, 4.69) is 17.3 Å². The minimum Gasteiger partial charge on any atom is -0.394 e. The number of rotatable bonds is 3. The summed E-state index contributed by atoms with van der Waals surface area (Å²) in [5.74, 6) is 0.311. The molecule has 1 aromatic heterocycles. The van der Waals surface area contributed by atoms with Gasteiger partial charge in [-0.15, -0.1) is 0 Å². The summed E-state index contributed by atoms with van der Waals surface area (Å²) in [5, 5.41) is 17.1. The van der Waals surface area contributed by atoms with Gasteiger partial charge in [-0.2, -0.15) is 5.10 Å².